The Morgan fingerprint density at radius 2 is 1.69 bits per heavy atom. The SMILES string of the molecule is COC(=O)[C@]1(OC)C[C@@H](OC(C)=O)[C@@H](NC(C)=O)C([C@H](OC(C)=O)[C@@H](C)OC(=O)SC)O1. The monoisotopic (exact) mass is 479 g/mol. The second-order valence-electron chi connectivity index (χ2n) is 6.96. The van der Waals surface area contributed by atoms with Crippen LogP contribution in [0.4, 0.5) is 4.79 Å². The van der Waals surface area contributed by atoms with Crippen molar-refractivity contribution in [3.63, 3.8) is 0 Å². The summed E-state index contributed by atoms with van der Waals surface area (Å²) >= 11 is 0.789. The molecular formula is C19H29NO11S. The molecule has 1 unspecified atom stereocenters. The zero-order chi connectivity index (χ0) is 24.6. The number of amides is 1. The average Bonchev–Trinajstić information content (AvgIpc) is 2.71. The van der Waals surface area contributed by atoms with Crippen molar-refractivity contribution in [1.82, 2.24) is 5.32 Å². The van der Waals surface area contributed by atoms with Crippen molar-refractivity contribution in [3.05, 3.63) is 0 Å². The molecule has 32 heavy (non-hydrogen) atoms. The Hall–Kier alpha value is -2.38. The highest BCUT2D eigenvalue weighted by molar-refractivity contribution is 8.12. The minimum Gasteiger partial charge on any atom is -0.465 e. The van der Waals surface area contributed by atoms with Crippen molar-refractivity contribution in [2.24, 2.45) is 0 Å². The number of carbonyl (C=O) groups is 5. The number of methoxy groups -OCH3 is 2. The number of carbonyl (C=O) groups excluding carboxylic acids is 5. The largest absolute Gasteiger partial charge is 0.465 e. The number of hydrogen-bond donors (Lipinski definition) is 1. The Balaban J connectivity index is 3.58. The van der Waals surface area contributed by atoms with Crippen LogP contribution in [0.15, 0.2) is 0 Å². The van der Waals surface area contributed by atoms with Crippen LogP contribution in [-0.4, -0.2) is 85.8 Å². The fourth-order valence-corrected chi connectivity index (χ4v) is 3.59. The maximum atomic E-state index is 12.6. The van der Waals surface area contributed by atoms with Crippen molar-refractivity contribution in [3.8, 4) is 0 Å². The third kappa shape index (κ3) is 7.07. The predicted octanol–water partition coefficient (Wildman–Crippen LogP) is 0.547. The van der Waals surface area contributed by atoms with E-state index in [1.54, 1.807) is 0 Å². The van der Waals surface area contributed by atoms with Gasteiger partial charge in [-0.3, -0.25) is 14.4 Å². The highest BCUT2D eigenvalue weighted by atomic mass is 32.2. The highest BCUT2D eigenvalue weighted by Gasteiger charge is 2.58. The summed E-state index contributed by atoms with van der Waals surface area (Å²) < 4.78 is 32.0. The summed E-state index contributed by atoms with van der Waals surface area (Å²) in [5, 5.41) is 1.93. The molecule has 0 aromatic rings. The molecule has 1 heterocycles. The number of thioether (sulfide) groups is 1. The fourth-order valence-electron chi connectivity index (χ4n) is 3.34. The highest BCUT2D eigenvalue weighted by Crippen LogP contribution is 2.36. The Kier molecular flexibility index (Phi) is 10.4. The lowest BCUT2D eigenvalue weighted by atomic mass is 9.88. The maximum absolute atomic E-state index is 12.6. The first-order chi connectivity index (χ1) is 14.9. The van der Waals surface area contributed by atoms with E-state index in [-0.39, 0.29) is 6.42 Å². The summed E-state index contributed by atoms with van der Waals surface area (Å²) in [7, 11) is 2.28. The van der Waals surface area contributed by atoms with Gasteiger partial charge in [-0.05, 0) is 24.9 Å². The van der Waals surface area contributed by atoms with Gasteiger partial charge in [0.2, 0.25) is 5.91 Å². The Morgan fingerprint density at radius 3 is 2.12 bits per heavy atom. The molecule has 0 aliphatic carbocycles. The molecular weight excluding hydrogens is 450 g/mol. The topological polar surface area (TPSA) is 153 Å². The molecule has 0 bridgehead atoms. The van der Waals surface area contributed by atoms with E-state index >= 15 is 0 Å². The van der Waals surface area contributed by atoms with Crippen LogP contribution < -0.4 is 5.32 Å². The lowest BCUT2D eigenvalue weighted by Crippen LogP contribution is -2.68. The van der Waals surface area contributed by atoms with Crippen LogP contribution in [0.2, 0.25) is 0 Å². The number of esters is 3. The summed E-state index contributed by atoms with van der Waals surface area (Å²) in [5.41, 5.74) is 0. The van der Waals surface area contributed by atoms with Crippen LogP contribution in [0.3, 0.4) is 0 Å². The van der Waals surface area contributed by atoms with E-state index in [9.17, 15) is 24.0 Å². The molecule has 0 aromatic heterocycles. The first-order valence-corrected chi connectivity index (χ1v) is 10.8. The van der Waals surface area contributed by atoms with E-state index in [0.717, 1.165) is 32.7 Å². The summed E-state index contributed by atoms with van der Waals surface area (Å²) in [4.78, 5) is 59.9. The van der Waals surface area contributed by atoms with Gasteiger partial charge in [0.05, 0.1) is 19.6 Å². The lowest BCUT2D eigenvalue weighted by Gasteiger charge is -2.47. The number of nitrogens with one attached hydrogen (secondary N) is 1. The van der Waals surface area contributed by atoms with Gasteiger partial charge in [0.1, 0.15) is 18.3 Å². The van der Waals surface area contributed by atoms with Gasteiger partial charge in [0.15, 0.2) is 6.10 Å². The van der Waals surface area contributed by atoms with Crippen molar-refractivity contribution in [2.75, 3.05) is 20.5 Å². The molecule has 1 rings (SSSR count). The minimum absolute atomic E-state index is 0.330. The lowest BCUT2D eigenvalue weighted by molar-refractivity contribution is -0.305. The number of rotatable bonds is 8. The van der Waals surface area contributed by atoms with E-state index in [1.165, 1.54) is 27.2 Å². The molecule has 0 radical (unpaired) electrons. The van der Waals surface area contributed by atoms with Crippen molar-refractivity contribution in [2.45, 2.75) is 70.4 Å². The second kappa shape index (κ2) is 12.0. The third-order valence-electron chi connectivity index (χ3n) is 4.60. The molecule has 182 valence electrons. The molecule has 1 N–H and O–H groups in total. The zero-order valence-corrected chi connectivity index (χ0v) is 19.8. The molecule has 13 heteroatoms. The van der Waals surface area contributed by atoms with Crippen molar-refractivity contribution in [1.29, 1.82) is 0 Å². The Bertz CT molecular complexity index is 730. The molecule has 12 nitrogen and oxygen atoms in total. The third-order valence-corrected chi connectivity index (χ3v) is 5.03. The van der Waals surface area contributed by atoms with Crippen LogP contribution in [-0.2, 0) is 47.6 Å². The van der Waals surface area contributed by atoms with E-state index in [2.05, 4.69) is 5.32 Å². The van der Waals surface area contributed by atoms with Gasteiger partial charge in [0, 0.05) is 27.9 Å². The summed E-state index contributed by atoms with van der Waals surface area (Å²) in [6.07, 6.45) is -3.72. The van der Waals surface area contributed by atoms with E-state index in [1.807, 2.05) is 0 Å². The Morgan fingerprint density at radius 1 is 1.06 bits per heavy atom. The normalized spacial score (nSPS) is 26.8. The quantitative estimate of drug-likeness (QED) is 0.382. The molecule has 6 atom stereocenters. The standard InChI is InChI=1S/C19H29NO11S/c1-9(28-18(25)32-7)15(30-12(4)23)16-14(20-10(2)21)13(29-11(3)22)8-19(27-6,31-16)17(24)26-5/h9,13-16H,8H2,1-7H3,(H,20,21)/t9-,13-,14-,15-,16?,19+/m1/s1. The molecule has 1 aliphatic heterocycles. The molecule has 1 fully saturated rings. The molecule has 1 amide bonds. The smallest absolute Gasteiger partial charge is 0.367 e. The Labute approximate surface area is 189 Å². The van der Waals surface area contributed by atoms with Crippen LogP contribution in [0.1, 0.15) is 34.1 Å². The van der Waals surface area contributed by atoms with E-state index < -0.39 is 65.4 Å². The van der Waals surface area contributed by atoms with Gasteiger partial charge >= 0.3 is 23.2 Å². The minimum atomic E-state index is -2.06. The predicted molar refractivity (Wildman–Crippen MR) is 109 cm³/mol. The van der Waals surface area contributed by atoms with E-state index in [4.69, 9.17) is 28.4 Å². The summed E-state index contributed by atoms with van der Waals surface area (Å²) in [6, 6.07) is -1.09. The number of hydrogen-bond acceptors (Lipinski definition) is 12. The molecule has 0 saturated carbocycles. The van der Waals surface area contributed by atoms with Gasteiger partial charge in [-0.15, -0.1) is 0 Å². The summed E-state index contributed by atoms with van der Waals surface area (Å²) in [6.45, 7) is 4.94. The molecule has 0 aromatic carbocycles. The van der Waals surface area contributed by atoms with Crippen molar-refractivity contribution < 1.29 is 52.4 Å². The van der Waals surface area contributed by atoms with E-state index in [0.29, 0.717) is 0 Å². The number of ether oxygens (including phenoxy) is 6. The summed E-state index contributed by atoms with van der Waals surface area (Å²) in [5.74, 6) is -4.97. The van der Waals surface area contributed by atoms with Gasteiger partial charge < -0.3 is 33.7 Å². The first kappa shape index (κ1) is 27.7. The molecule has 1 aliphatic rings. The maximum Gasteiger partial charge on any atom is 0.367 e. The van der Waals surface area contributed by atoms with Gasteiger partial charge in [0.25, 0.3) is 5.79 Å². The van der Waals surface area contributed by atoms with Crippen LogP contribution >= 0.6 is 11.8 Å². The molecule has 1 saturated heterocycles. The molecule has 0 spiro atoms. The van der Waals surface area contributed by atoms with Crippen LogP contribution in [0.5, 0.6) is 0 Å². The first-order valence-electron chi connectivity index (χ1n) is 9.58. The van der Waals surface area contributed by atoms with Gasteiger partial charge in [-0.25, -0.2) is 9.59 Å². The fraction of sp³-hybridized carbons (Fsp3) is 0.737. The van der Waals surface area contributed by atoms with Gasteiger partial charge in [-0.1, -0.05) is 0 Å². The zero-order valence-electron chi connectivity index (χ0n) is 19.0. The average molecular weight is 480 g/mol. The van der Waals surface area contributed by atoms with Gasteiger partial charge in [-0.2, -0.15) is 0 Å². The van der Waals surface area contributed by atoms with Crippen LogP contribution in [0, 0.1) is 0 Å². The van der Waals surface area contributed by atoms with Crippen LogP contribution in [0.25, 0.3) is 0 Å². The second-order valence-corrected chi connectivity index (χ2v) is 7.70. The van der Waals surface area contributed by atoms with Crippen molar-refractivity contribution >= 4 is 40.9 Å².